The van der Waals surface area contributed by atoms with Crippen molar-refractivity contribution in [1.29, 1.82) is 0 Å². The van der Waals surface area contributed by atoms with Crippen molar-refractivity contribution >= 4 is 26.1 Å². The molecule has 7 heteroatoms. The molecule has 2 radical (unpaired) electrons. The first-order chi connectivity index (χ1) is 6.98. The molecule has 4 atom stereocenters. The van der Waals surface area contributed by atoms with Crippen molar-refractivity contribution in [3.05, 3.63) is 0 Å². The van der Waals surface area contributed by atoms with Gasteiger partial charge in [0.1, 0.15) is 14.0 Å². The molecule has 86 valence electrons. The predicted molar refractivity (Wildman–Crippen MR) is 60.6 cm³/mol. The maximum atomic E-state index is 11.7. The summed E-state index contributed by atoms with van der Waals surface area (Å²) >= 11 is 4.85. The fourth-order valence-corrected chi connectivity index (χ4v) is 2.57. The molecular formula is C8H15BO4PS-. The average Bonchev–Trinajstić information content (AvgIpc) is 2.47. The Kier molecular flexibility index (Phi) is 5.23. The summed E-state index contributed by atoms with van der Waals surface area (Å²) in [5.41, 5.74) is 0. The fourth-order valence-electron chi connectivity index (χ4n) is 1.45. The van der Waals surface area contributed by atoms with Gasteiger partial charge in [0, 0.05) is 13.1 Å². The SMILES string of the molecule is [B][C@H]1CC(OP([O-])(=S)CC)[C@@H](COC)O1. The molecule has 0 spiro atoms. The lowest BCUT2D eigenvalue weighted by molar-refractivity contribution is -0.188. The Bertz CT molecular complexity index is 253. The van der Waals surface area contributed by atoms with Crippen molar-refractivity contribution < 1.29 is 18.9 Å². The second-order valence-electron chi connectivity index (χ2n) is 3.48. The maximum absolute atomic E-state index is 11.7. The van der Waals surface area contributed by atoms with Crippen LogP contribution in [0.4, 0.5) is 0 Å². The van der Waals surface area contributed by atoms with E-state index in [9.17, 15) is 4.89 Å². The van der Waals surface area contributed by atoms with Crippen LogP contribution < -0.4 is 4.89 Å². The molecule has 0 amide bonds. The Hall–Kier alpha value is 0.555. The molecule has 0 aliphatic carbocycles. The van der Waals surface area contributed by atoms with Gasteiger partial charge < -0.3 is 18.9 Å². The number of hydrogen-bond acceptors (Lipinski definition) is 5. The monoisotopic (exact) mass is 249 g/mol. The van der Waals surface area contributed by atoms with Gasteiger partial charge >= 0.3 is 0 Å². The van der Waals surface area contributed by atoms with E-state index in [1.807, 2.05) is 0 Å². The van der Waals surface area contributed by atoms with Crippen molar-refractivity contribution in [3.63, 3.8) is 0 Å². The average molecular weight is 249 g/mol. The topological polar surface area (TPSA) is 50.8 Å². The minimum Gasteiger partial charge on any atom is -0.801 e. The van der Waals surface area contributed by atoms with E-state index < -0.39 is 6.49 Å². The van der Waals surface area contributed by atoms with Gasteiger partial charge in [-0.25, -0.2) is 0 Å². The molecule has 0 N–H and O–H groups in total. The van der Waals surface area contributed by atoms with Crippen LogP contribution in [-0.2, 0) is 25.8 Å². The summed E-state index contributed by atoms with van der Waals surface area (Å²) in [6.45, 7) is -0.801. The number of hydrogen-bond donors (Lipinski definition) is 0. The molecule has 0 aromatic rings. The Morgan fingerprint density at radius 3 is 2.87 bits per heavy atom. The maximum Gasteiger partial charge on any atom is 0.109 e. The van der Waals surface area contributed by atoms with Crippen LogP contribution in [0.15, 0.2) is 0 Å². The van der Waals surface area contributed by atoms with Crippen LogP contribution in [0.5, 0.6) is 0 Å². The smallest absolute Gasteiger partial charge is 0.109 e. The standard InChI is InChI=1S/C8H16BO4PS/c1-3-14(10,15)13-6-4-8(9)12-7(6)5-11-2/h6-8H,3-5H2,1-2H3,(H,10,15)/p-1/t6?,7-,8-,14?/m1/s1. The van der Waals surface area contributed by atoms with Crippen LogP contribution in [0.1, 0.15) is 13.3 Å². The first-order valence-corrected chi connectivity index (χ1v) is 7.69. The number of ether oxygens (including phenoxy) is 2. The largest absolute Gasteiger partial charge is 0.801 e. The van der Waals surface area contributed by atoms with Gasteiger partial charge in [-0.2, -0.15) is 0 Å². The Morgan fingerprint density at radius 1 is 1.67 bits per heavy atom. The molecule has 0 bridgehead atoms. The molecule has 1 fully saturated rings. The van der Waals surface area contributed by atoms with Crippen molar-refractivity contribution in [1.82, 2.24) is 0 Å². The molecule has 1 heterocycles. The van der Waals surface area contributed by atoms with E-state index in [1.165, 1.54) is 0 Å². The van der Waals surface area contributed by atoms with Gasteiger partial charge in [0.15, 0.2) is 0 Å². The van der Waals surface area contributed by atoms with E-state index >= 15 is 0 Å². The molecule has 0 saturated carbocycles. The van der Waals surface area contributed by atoms with Gasteiger partial charge in [0.05, 0.1) is 12.7 Å². The Labute approximate surface area is 96.9 Å². The Morgan fingerprint density at radius 2 is 2.33 bits per heavy atom. The van der Waals surface area contributed by atoms with Gasteiger partial charge in [-0.1, -0.05) is 18.7 Å². The minimum absolute atomic E-state index is 0.271. The van der Waals surface area contributed by atoms with Crippen LogP contribution >= 0.6 is 6.49 Å². The third-order valence-corrected chi connectivity index (χ3v) is 4.64. The summed E-state index contributed by atoms with van der Waals surface area (Å²) in [4.78, 5) is 11.7. The summed E-state index contributed by atoms with van der Waals surface area (Å²) in [5, 5.41) is 0. The molecule has 1 aliphatic rings. The van der Waals surface area contributed by atoms with Gasteiger partial charge in [0.2, 0.25) is 0 Å². The van der Waals surface area contributed by atoms with Crippen LogP contribution in [-0.4, -0.2) is 45.9 Å². The highest BCUT2D eigenvalue weighted by atomic mass is 32.5. The molecule has 0 aromatic heterocycles. The third-order valence-electron chi connectivity index (χ3n) is 2.24. The lowest BCUT2D eigenvalue weighted by Crippen LogP contribution is -2.29. The molecule has 1 aliphatic heterocycles. The van der Waals surface area contributed by atoms with E-state index in [0.29, 0.717) is 19.2 Å². The second-order valence-corrected chi connectivity index (χ2v) is 7.21. The highest BCUT2D eigenvalue weighted by molar-refractivity contribution is 8.08. The second kappa shape index (κ2) is 5.76. The van der Waals surface area contributed by atoms with Crippen LogP contribution in [0, 0.1) is 0 Å². The summed E-state index contributed by atoms with van der Waals surface area (Å²) in [5.74, 6) is 0. The van der Waals surface area contributed by atoms with Crippen LogP contribution in [0.25, 0.3) is 0 Å². The van der Waals surface area contributed by atoms with E-state index in [-0.39, 0.29) is 18.2 Å². The first-order valence-electron chi connectivity index (χ1n) is 4.87. The summed E-state index contributed by atoms with van der Waals surface area (Å²) in [7, 11) is 7.19. The molecule has 1 saturated heterocycles. The molecular weight excluding hydrogens is 234 g/mol. The Balaban J connectivity index is 2.55. The van der Waals surface area contributed by atoms with Crippen LogP contribution in [0.2, 0.25) is 0 Å². The van der Waals surface area contributed by atoms with Gasteiger partial charge in [-0.3, -0.25) is 0 Å². The van der Waals surface area contributed by atoms with Gasteiger partial charge in [0.25, 0.3) is 0 Å². The lowest BCUT2D eigenvalue weighted by atomic mass is 9.96. The van der Waals surface area contributed by atoms with Gasteiger partial charge in [-0.15, -0.1) is 0 Å². The van der Waals surface area contributed by atoms with Gasteiger partial charge in [-0.05, 0) is 19.1 Å². The summed E-state index contributed by atoms with van der Waals surface area (Å²) in [6.07, 6.45) is 0.263. The lowest BCUT2D eigenvalue weighted by Gasteiger charge is -2.31. The van der Waals surface area contributed by atoms with Crippen molar-refractivity contribution in [2.75, 3.05) is 19.9 Å². The van der Waals surface area contributed by atoms with Crippen molar-refractivity contribution in [2.24, 2.45) is 0 Å². The minimum atomic E-state index is -2.92. The molecule has 2 unspecified atom stereocenters. The zero-order chi connectivity index (χ0) is 11.5. The zero-order valence-electron chi connectivity index (χ0n) is 8.92. The highest BCUT2D eigenvalue weighted by Crippen LogP contribution is 2.41. The predicted octanol–water partition coefficient (Wildman–Crippen LogP) is -0.00880. The van der Waals surface area contributed by atoms with E-state index in [1.54, 1.807) is 14.0 Å². The zero-order valence-corrected chi connectivity index (χ0v) is 10.6. The highest BCUT2D eigenvalue weighted by Gasteiger charge is 2.34. The number of methoxy groups -OCH3 is 1. The van der Waals surface area contributed by atoms with E-state index in [2.05, 4.69) is 0 Å². The quantitative estimate of drug-likeness (QED) is 0.506. The number of rotatable bonds is 5. The van der Waals surface area contributed by atoms with Crippen molar-refractivity contribution in [2.45, 2.75) is 31.6 Å². The molecule has 15 heavy (non-hydrogen) atoms. The summed E-state index contributed by atoms with van der Waals surface area (Å²) < 4.78 is 15.7. The normalized spacial score (nSPS) is 35.3. The fraction of sp³-hybridized carbons (Fsp3) is 1.00. The summed E-state index contributed by atoms with van der Waals surface area (Å²) in [6, 6.07) is -0.387. The molecule has 4 nitrogen and oxygen atoms in total. The van der Waals surface area contributed by atoms with E-state index in [0.717, 1.165) is 0 Å². The van der Waals surface area contributed by atoms with Crippen molar-refractivity contribution in [3.8, 4) is 0 Å². The first kappa shape index (κ1) is 13.6. The van der Waals surface area contributed by atoms with Crippen LogP contribution in [0.3, 0.4) is 0 Å². The molecule has 0 aromatic carbocycles. The van der Waals surface area contributed by atoms with E-state index in [4.69, 9.17) is 33.7 Å². The molecule has 1 rings (SSSR count). The third kappa shape index (κ3) is 4.13.